The molecule has 0 saturated heterocycles. The van der Waals surface area contributed by atoms with Crippen LogP contribution in [0.5, 0.6) is 0 Å². The first-order valence-corrected chi connectivity index (χ1v) is 8.19. The monoisotopic (exact) mass is 362 g/mol. The lowest BCUT2D eigenvalue weighted by Gasteiger charge is -2.30. The molecule has 1 aromatic rings. The molecular weight excluding hydrogens is 344 g/mol. The third-order valence-electron chi connectivity index (χ3n) is 3.10. The first kappa shape index (κ1) is 15.2. The highest BCUT2D eigenvalue weighted by atomic mass is 79.9. The minimum absolute atomic E-state index is 0.128. The number of hydrogen-bond acceptors (Lipinski definition) is 1. The molecule has 0 unspecified atom stereocenters. The van der Waals surface area contributed by atoms with Crippen LogP contribution in [-0.2, 0) is 10.2 Å². The van der Waals surface area contributed by atoms with Gasteiger partial charge in [-0.25, -0.2) is 0 Å². The van der Waals surface area contributed by atoms with Crippen LogP contribution in [0.1, 0.15) is 24.5 Å². The number of ether oxygens (including phenoxy) is 1. The van der Waals surface area contributed by atoms with Crippen molar-refractivity contribution in [2.75, 3.05) is 23.9 Å². The molecule has 0 aliphatic carbocycles. The predicted octanol–water partition coefficient (Wildman–Crippen LogP) is 4.45. The Kier molecular flexibility index (Phi) is 6.75. The molecule has 0 aromatic heterocycles. The molecule has 0 radical (unpaired) electrons. The summed E-state index contributed by atoms with van der Waals surface area (Å²) in [6, 6.07) is 8.81. The maximum Gasteiger partial charge on any atom is 0.0474 e. The molecule has 96 valence electrons. The van der Waals surface area contributed by atoms with E-state index in [0.29, 0.717) is 0 Å². The van der Waals surface area contributed by atoms with E-state index in [2.05, 4.69) is 63.0 Å². The lowest BCUT2D eigenvalue weighted by Crippen LogP contribution is -2.31. The maximum absolute atomic E-state index is 5.50. The van der Waals surface area contributed by atoms with Gasteiger partial charge in [-0.05, 0) is 25.8 Å². The summed E-state index contributed by atoms with van der Waals surface area (Å²) >= 11 is 7.31. The van der Waals surface area contributed by atoms with Crippen LogP contribution in [0.4, 0.5) is 0 Å². The molecule has 0 spiro atoms. The smallest absolute Gasteiger partial charge is 0.0474 e. The second-order valence-electron chi connectivity index (χ2n) is 4.36. The first-order valence-electron chi connectivity index (χ1n) is 5.95. The highest BCUT2D eigenvalue weighted by molar-refractivity contribution is 9.09. The summed E-state index contributed by atoms with van der Waals surface area (Å²) in [4.78, 5) is 0. The summed E-state index contributed by atoms with van der Waals surface area (Å²) in [7, 11) is 0. The molecule has 3 heteroatoms. The van der Waals surface area contributed by atoms with Gasteiger partial charge in [0.05, 0.1) is 0 Å². The number of hydrogen-bond donors (Lipinski definition) is 0. The average Bonchev–Trinajstić information content (AvgIpc) is 2.37. The fourth-order valence-corrected chi connectivity index (χ4v) is 3.92. The number of alkyl halides is 2. The van der Waals surface area contributed by atoms with E-state index in [1.807, 2.05) is 6.92 Å². The quantitative estimate of drug-likeness (QED) is 0.513. The minimum atomic E-state index is 0.128. The summed E-state index contributed by atoms with van der Waals surface area (Å²) < 4.78 is 5.50. The van der Waals surface area contributed by atoms with Crippen molar-refractivity contribution >= 4 is 31.9 Å². The molecule has 0 saturated carbocycles. The SMILES string of the molecule is CCOCCC(CBr)(CBr)c1ccc(C)cc1. The molecule has 0 fully saturated rings. The Labute approximate surface area is 121 Å². The number of halogens is 2. The van der Waals surface area contributed by atoms with Gasteiger partial charge < -0.3 is 4.74 Å². The zero-order valence-electron chi connectivity index (χ0n) is 10.5. The van der Waals surface area contributed by atoms with Crippen molar-refractivity contribution < 1.29 is 4.74 Å². The number of benzene rings is 1. The molecule has 0 heterocycles. The Morgan fingerprint density at radius 1 is 1.12 bits per heavy atom. The largest absolute Gasteiger partial charge is 0.382 e. The van der Waals surface area contributed by atoms with Gasteiger partial charge in [0.2, 0.25) is 0 Å². The Morgan fingerprint density at radius 2 is 1.71 bits per heavy atom. The molecule has 0 aliphatic heterocycles. The van der Waals surface area contributed by atoms with Gasteiger partial charge in [0.1, 0.15) is 0 Å². The van der Waals surface area contributed by atoms with Gasteiger partial charge in [-0.3, -0.25) is 0 Å². The lowest BCUT2D eigenvalue weighted by molar-refractivity contribution is 0.131. The van der Waals surface area contributed by atoms with Crippen molar-refractivity contribution in [2.24, 2.45) is 0 Å². The molecule has 0 atom stereocenters. The van der Waals surface area contributed by atoms with Gasteiger partial charge in [0.25, 0.3) is 0 Å². The second kappa shape index (κ2) is 7.55. The van der Waals surface area contributed by atoms with Crippen LogP contribution in [-0.4, -0.2) is 23.9 Å². The highest BCUT2D eigenvalue weighted by Crippen LogP contribution is 2.32. The number of rotatable bonds is 7. The molecule has 1 nitrogen and oxygen atoms in total. The summed E-state index contributed by atoms with van der Waals surface area (Å²) in [5.41, 5.74) is 2.80. The van der Waals surface area contributed by atoms with Gasteiger partial charge in [0, 0.05) is 29.3 Å². The van der Waals surface area contributed by atoms with Crippen LogP contribution in [0, 0.1) is 6.92 Å². The Hall–Kier alpha value is 0.140. The number of aryl methyl sites for hydroxylation is 1. The van der Waals surface area contributed by atoms with Crippen LogP contribution >= 0.6 is 31.9 Å². The Morgan fingerprint density at radius 3 is 2.18 bits per heavy atom. The standard InChI is InChI=1S/C14H20Br2O/c1-3-17-9-8-14(10-15,11-16)13-6-4-12(2)5-7-13/h4-7H,3,8-11H2,1-2H3. The van der Waals surface area contributed by atoms with Crippen molar-refractivity contribution in [1.29, 1.82) is 0 Å². The zero-order valence-corrected chi connectivity index (χ0v) is 13.7. The Balaban J connectivity index is 2.85. The Bertz CT molecular complexity index is 317. The van der Waals surface area contributed by atoms with Gasteiger partial charge in [-0.15, -0.1) is 0 Å². The second-order valence-corrected chi connectivity index (χ2v) is 5.48. The molecule has 1 aromatic carbocycles. The van der Waals surface area contributed by atoms with Crippen LogP contribution in [0.2, 0.25) is 0 Å². The van der Waals surface area contributed by atoms with E-state index in [4.69, 9.17) is 4.74 Å². The summed E-state index contributed by atoms with van der Waals surface area (Å²) in [6.07, 6.45) is 1.03. The van der Waals surface area contributed by atoms with E-state index in [9.17, 15) is 0 Å². The van der Waals surface area contributed by atoms with E-state index >= 15 is 0 Å². The molecule has 1 rings (SSSR count). The molecule has 17 heavy (non-hydrogen) atoms. The fourth-order valence-electron chi connectivity index (χ4n) is 1.79. The van der Waals surface area contributed by atoms with E-state index in [1.165, 1.54) is 11.1 Å². The zero-order chi connectivity index (χ0) is 12.7. The van der Waals surface area contributed by atoms with Crippen molar-refractivity contribution in [1.82, 2.24) is 0 Å². The van der Waals surface area contributed by atoms with Gasteiger partial charge in [-0.2, -0.15) is 0 Å². The van der Waals surface area contributed by atoms with Crippen molar-refractivity contribution in [3.63, 3.8) is 0 Å². The van der Waals surface area contributed by atoms with Crippen LogP contribution < -0.4 is 0 Å². The molecule has 0 bridgehead atoms. The van der Waals surface area contributed by atoms with Gasteiger partial charge in [-0.1, -0.05) is 61.7 Å². The van der Waals surface area contributed by atoms with Crippen LogP contribution in [0.15, 0.2) is 24.3 Å². The average molecular weight is 364 g/mol. The van der Waals surface area contributed by atoms with Gasteiger partial charge >= 0.3 is 0 Å². The van der Waals surface area contributed by atoms with E-state index in [0.717, 1.165) is 30.3 Å². The van der Waals surface area contributed by atoms with Crippen LogP contribution in [0.25, 0.3) is 0 Å². The van der Waals surface area contributed by atoms with Gasteiger partial charge in [0.15, 0.2) is 0 Å². The topological polar surface area (TPSA) is 9.23 Å². The van der Waals surface area contributed by atoms with Crippen molar-refractivity contribution in [3.05, 3.63) is 35.4 Å². The molecule has 0 N–H and O–H groups in total. The molecular formula is C14H20Br2O. The summed E-state index contributed by atoms with van der Waals surface area (Å²) in [6.45, 7) is 5.75. The maximum atomic E-state index is 5.50. The highest BCUT2D eigenvalue weighted by Gasteiger charge is 2.29. The molecule has 0 aliphatic rings. The summed E-state index contributed by atoms with van der Waals surface area (Å²) in [5.74, 6) is 0. The predicted molar refractivity (Wildman–Crippen MR) is 81.6 cm³/mol. The molecule has 0 amide bonds. The van der Waals surface area contributed by atoms with Crippen molar-refractivity contribution in [3.8, 4) is 0 Å². The lowest BCUT2D eigenvalue weighted by atomic mass is 9.81. The van der Waals surface area contributed by atoms with Crippen molar-refractivity contribution in [2.45, 2.75) is 25.7 Å². The third kappa shape index (κ3) is 4.08. The van der Waals surface area contributed by atoms with Crippen LogP contribution in [0.3, 0.4) is 0 Å². The normalized spacial score (nSPS) is 11.8. The van der Waals surface area contributed by atoms with E-state index in [1.54, 1.807) is 0 Å². The minimum Gasteiger partial charge on any atom is -0.382 e. The van der Waals surface area contributed by atoms with E-state index in [-0.39, 0.29) is 5.41 Å². The first-order chi connectivity index (χ1) is 8.18. The fraction of sp³-hybridized carbons (Fsp3) is 0.571. The third-order valence-corrected chi connectivity index (χ3v) is 5.25. The summed E-state index contributed by atoms with van der Waals surface area (Å²) in [5, 5.41) is 1.89. The van der Waals surface area contributed by atoms with E-state index < -0.39 is 0 Å².